The number of fused-ring (bicyclic) bond motifs is 1. The van der Waals surface area contributed by atoms with Gasteiger partial charge in [-0.3, -0.25) is 4.79 Å². The van der Waals surface area contributed by atoms with Crippen LogP contribution in [0.3, 0.4) is 0 Å². The quantitative estimate of drug-likeness (QED) is 0.845. The number of amides is 1. The summed E-state index contributed by atoms with van der Waals surface area (Å²) in [7, 11) is 1.52. The molecule has 0 radical (unpaired) electrons. The second-order valence-corrected chi connectivity index (χ2v) is 6.03. The van der Waals surface area contributed by atoms with Gasteiger partial charge >= 0.3 is 0 Å². The number of carbonyl (C=O) groups is 1. The fourth-order valence-electron chi connectivity index (χ4n) is 2.92. The summed E-state index contributed by atoms with van der Waals surface area (Å²) >= 11 is 0. The van der Waals surface area contributed by atoms with Crippen LogP contribution >= 0.6 is 12.4 Å². The molecule has 0 saturated carbocycles. The number of rotatable bonds is 5. The lowest BCUT2D eigenvalue weighted by molar-refractivity contribution is -0.118. The summed E-state index contributed by atoms with van der Waals surface area (Å²) in [5, 5.41) is 11.5. The number of halogens is 1. The van der Waals surface area contributed by atoms with Gasteiger partial charge in [0.15, 0.2) is 5.82 Å². The van der Waals surface area contributed by atoms with E-state index in [-0.39, 0.29) is 24.9 Å². The maximum absolute atomic E-state index is 12.0. The Bertz CT molecular complexity index is 719. The van der Waals surface area contributed by atoms with Crippen LogP contribution in [-0.4, -0.2) is 40.4 Å². The molecule has 25 heavy (non-hydrogen) atoms. The minimum absolute atomic E-state index is 0. The van der Waals surface area contributed by atoms with Crippen LogP contribution in [-0.2, 0) is 22.5 Å². The number of ether oxygens (including phenoxy) is 1. The smallest absolute Gasteiger partial charge is 0.243 e. The molecular weight excluding hydrogens is 342 g/mol. The molecule has 3 N–H and O–H groups in total. The minimum Gasteiger partial charge on any atom is -0.383 e. The summed E-state index contributed by atoms with van der Waals surface area (Å²) < 4.78 is 7.10. The molecule has 0 bridgehead atoms. The van der Waals surface area contributed by atoms with Gasteiger partial charge in [0.05, 0.1) is 6.61 Å². The van der Waals surface area contributed by atoms with Crippen molar-refractivity contribution in [2.75, 3.05) is 19.0 Å². The van der Waals surface area contributed by atoms with Crippen LogP contribution < -0.4 is 11.1 Å². The number of methoxy groups -OCH3 is 1. The van der Waals surface area contributed by atoms with Crippen LogP contribution in [0.1, 0.15) is 25.1 Å². The normalized spacial score (nSPS) is 14.8. The van der Waals surface area contributed by atoms with Gasteiger partial charge in [0, 0.05) is 31.3 Å². The average Bonchev–Trinajstić information content (AvgIpc) is 2.84. The molecule has 1 unspecified atom stereocenters. The molecule has 1 aliphatic heterocycles. The molecular formula is C17H24ClN5O2. The van der Waals surface area contributed by atoms with E-state index in [9.17, 15) is 4.79 Å². The van der Waals surface area contributed by atoms with Crippen LogP contribution in [0.2, 0.25) is 0 Å². The first-order chi connectivity index (χ1) is 11.7. The van der Waals surface area contributed by atoms with Gasteiger partial charge in [0.2, 0.25) is 5.91 Å². The third-order valence-electron chi connectivity index (χ3n) is 4.18. The first-order valence-electron chi connectivity index (χ1n) is 8.27. The van der Waals surface area contributed by atoms with E-state index in [1.54, 1.807) is 0 Å². The second-order valence-electron chi connectivity index (χ2n) is 6.03. The third kappa shape index (κ3) is 4.56. The maximum atomic E-state index is 12.0. The third-order valence-corrected chi connectivity index (χ3v) is 4.18. The number of hydrogen-bond donors (Lipinski definition) is 2. The zero-order valence-electron chi connectivity index (χ0n) is 14.3. The molecule has 8 heteroatoms. The van der Waals surface area contributed by atoms with Crippen molar-refractivity contribution < 1.29 is 9.53 Å². The average molecular weight is 366 g/mol. The molecule has 1 aromatic carbocycles. The Kier molecular flexibility index (Phi) is 6.92. The molecule has 0 aliphatic carbocycles. The first kappa shape index (κ1) is 19.4. The van der Waals surface area contributed by atoms with Crippen molar-refractivity contribution in [1.82, 2.24) is 14.8 Å². The number of anilines is 1. The maximum Gasteiger partial charge on any atom is 0.243 e. The Labute approximate surface area is 153 Å². The monoisotopic (exact) mass is 365 g/mol. The molecule has 0 spiro atoms. The topological polar surface area (TPSA) is 95.1 Å². The minimum atomic E-state index is -0.692. The summed E-state index contributed by atoms with van der Waals surface area (Å²) in [4.78, 5) is 12.0. The molecule has 2 heterocycles. The number of benzene rings is 1. The van der Waals surface area contributed by atoms with Crippen LogP contribution in [0, 0.1) is 0 Å². The highest BCUT2D eigenvalue weighted by atomic mass is 35.5. The number of aromatic nitrogens is 3. The molecule has 0 saturated heterocycles. The number of nitrogens with two attached hydrogens (primary N) is 1. The highest BCUT2D eigenvalue weighted by molar-refractivity contribution is 5.95. The fourth-order valence-corrected chi connectivity index (χ4v) is 2.92. The zero-order chi connectivity index (χ0) is 16.9. The number of hydrogen-bond acceptors (Lipinski definition) is 5. The summed E-state index contributed by atoms with van der Waals surface area (Å²) in [5.41, 5.74) is 7.38. The van der Waals surface area contributed by atoms with E-state index in [0.717, 1.165) is 43.0 Å². The summed E-state index contributed by atoms with van der Waals surface area (Å²) in [6, 6.07) is 6.92. The van der Waals surface area contributed by atoms with Gasteiger partial charge in [-0.15, -0.1) is 22.6 Å². The standard InChI is InChI=1S/C17H23N5O2.ClH/c1-24-11-14(18)17(23)19-13-7-5-6-12(10-13)16-21-20-15-8-3-2-4-9-22(15)16;/h5-7,10,14H,2-4,8-9,11,18H2,1H3,(H,19,23);1H. The van der Waals surface area contributed by atoms with Gasteiger partial charge < -0.3 is 20.4 Å². The molecule has 1 atom stereocenters. The number of carbonyl (C=O) groups excluding carboxylic acids is 1. The summed E-state index contributed by atoms with van der Waals surface area (Å²) in [5.74, 6) is 1.62. The van der Waals surface area contributed by atoms with E-state index >= 15 is 0 Å². The van der Waals surface area contributed by atoms with Crippen molar-refractivity contribution in [1.29, 1.82) is 0 Å². The molecule has 0 fully saturated rings. The molecule has 1 aromatic heterocycles. The number of nitrogens with one attached hydrogen (secondary N) is 1. The van der Waals surface area contributed by atoms with Crippen LogP contribution in [0.25, 0.3) is 11.4 Å². The van der Waals surface area contributed by atoms with E-state index in [1.807, 2.05) is 24.3 Å². The Morgan fingerprint density at radius 2 is 2.20 bits per heavy atom. The van der Waals surface area contributed by atoms with Gasteiger partial charge in [0.1, 0.15) is 11.9 Å². The molecule has 3 rings (SSSR count). The Morgan fingerprint density at radius 3 is 3.00 bits per heavy atom. The van der Waals surface area contributed by atoms with Gasteiger partial charge in [-0.2, -0.15) is 0 Å². The highest BCUT2D eigenvalue weighted by Gasteiger charge is 2.17. The lowest BCUT2D eigenvalue weighted by Gasteiger charge is -2.12. The largest absolute Gasteiger partial charge is 0.383 e. The van der Waals surface area contributed by atoms with Crippen molar-refractivity contribution in [3.63, 3.8) is 0 Å². The molecule has 1 aliphatic rings. The van der Waals surface area contributed by atoms with Crippen LogP contribution in [0.15, 0.2) is 24.3 Å². The molecule has 136 valence electrons. The predicted octanol–water partition coefficient (Wildman–Crippen LogP) is 2.01. The fraction of sp³-hybridized carbons (Fsp3) is 0.471. The summed E-state index contributed by atoms with van der Waals surface area (Å²) in [6.45, 7) is 1.12. The number of nitrogens with zero attached hydrogens (tertiary/aromatic N) is 3. The van der Waals surface area contributed by atoms with Crippen molar-refractivity contribution >= 4 is 24.0 Å². The lowest BCUT2D eigenvalue weighted by atomic mass is 10.1. The van der Waals surface area contributed by atoms with Gasteiger partial charge in [-0.1, -0.05) is 18.6 Å². The van der Waals surface area contributed by atoms with E-state index in [1.165, 1.54) is 13.5 Å². The Hall–Kier alpha value is -1.96. The second kappa shape index (κ2) is 8.94. The first-order valence-corrected chi connectivity index (χ1v) is 8.27. The van der Waals surface area contributed by atoms with E-state index < -0.39 is 6.04 Å². The Morgan fingerprint density at radius 1 is 1.36 bits per heavy atom. The van der Waals surface area contributed by atoms with E-state index in [2.05, 4.69) is 20.1 Å². The van der Waals surface area contributed by atoms with Crippen molar-refractivity contribution in [2.24, 2.45) is 5.73 Å². The lowest BCUT2D eigenvalue weighted by Crippen LogP contribution is -2.39. The Balaban J connectivity index is 0.00000225. The highest BCUT2D eigenvalue weighted by Crippen LogP contribution is 2.24. The van der Waals surface area contributed by atoms with Crippen LogP contribution in [0.5, 0.6) is 0 Å². The number of aryl methyl sites for hydroxylation is 1. The van der Waals surface area contributed by atoms with Gasteiger partial charge in [-0.25, -0.2) is 0 Å². The molecule has 2 aromatic rings. The summed E-state index contributed by atoms with van der Waals surface area (Å²) in [6.07, 6.45) is 4.48. The van der Waals surface area contributed by atoms with Crippen molar-refractivity contribution in [2.45, 2.75) is 38.3 Å². The van der Waals surface area contributed by atoms with Gasteiger partial charge in [0.25, 0.3) is 0 Å². The van der Waals surface area contributed by atoms with E-state index in [0.29, 0.717) is 5.69 Å². The molecule has 7 nitrogen and oxygen atoms in total. The predicted molar refractivity (Wildman–Crippen MR) is 98.7 cm³/mol. The van der Waals surface area contributed by atoms with Gasteiger partial charge in [-0.05, 0) is 25.0 Å². The van der Waals surface area contributed by atoms with Crippen molar-refractivity contribution in [3.8, 4) is 11.4 Å². The van der Waals surface area contributed by atoms with E-state index in [4.69, 9.17) is 10.5 Å². The molecule has 1 amide bonds. The van der Waals surface area contributed by atoms with Crippen molar-refractivity contribution in [3.05, 3.63) is 30.1 Å². The zero-order valence-corrected chi connectivity index (χ0v) is 15.1. The SMILES string of the molecule is COCC(N)C(=O)Nc1cccc(-c2nnc3n2CCCCC3)c1.Cl. The van der Waals surface area contributed by atoms with Crippen LogP contribution in [0.4, 0.5) is 5.69 Å².